The molecule has 24 heavy (non-hydrogen) atoms. The predicted molar refractivity (Wildman–Crippen MR) is 94.4 cm³/mol. The first-order valence-electron chi connectivity index (χ1n) is 8.31. The zero-order valence-corrected chi connectivity index (χ0v) is 13.5. The molecule has 6 heteroatoms. The van der Waals surface area contributed by atoms with Crippen molar-refractivity contribution in [3.05, 3.63) is 42.2 Å². The smallest absolute Gasteiger partial charge is 0.178 e. The molecule has 1 aromatic carbocycles. The minimum atomic E-state index is 0.743. The third-order valence-electron chi connectivity index (χ3n) is 4.65. The number of H-pyrrole nitrogens is 1. The first-order chi connectivity index (χ1) is 11.8. The van der Waals surface area contributed by atoms with E-state index in [4.69, 9.17) is 5.10 Å². The number of aryl methyl sites for hydroxylation is 1. The van der Waals surface area contributed by atoms with Crippen LogP contribution in [0.15, 0.2) is 36.5 Å². The molecule has 1 aliphatic rings. The number of hydrogen-bond acceptors (Lipinski definition) is 4. The van der Waals surface area contributed by atoms with E-state index < -0.39 is 0 Å². The van der Waals surface area contributed by atoms with Gasteiger partial charge in [0, 0.05) is 23.8 Å². The summed E-state index contributed by atoms with van der Waals surface area (Å²) in [6.07, 6.45) is 4.44. The molecular weight excluding hydrogens is 300 g/mol. The molecule has 0 spiro atoms. The van der Waals surface area contributed by atoms with Crippen LogP contribution in [0.5, 0.6) is 0 Å². The Labute approximate surface area is 138 Å². The van der Waals surface area contributed by atoms with Crippen LogP contribution in [0.3, 0.4) is 0 Å². The zero-order valence-electron chi connectivity index (χ0n) is 13.5. The number of rotatable bonds is 4. The minimum Gasteiger partial charge on any atom is -0.337 e. The SMILES string of the molecule is Cc1nn(CC2CC2)c2ccc(Nc3n[nH]c4cccnc34)cc12. The topological polar surface area (TPSA) is 71.4 Å². The van der Waals surface area contributed by atoms with E-state index >= 15 is 0 Å². The van der Waals surface area contributed by atoms with Gasteiger partial charge in [-0.1, -0.05) is 0 Å². The van der Waals surface area contributed by atoms with Gasteiger partial charge in [-0.05, 0) is 56.0 Å². The van der Waals surface area contributed by atoms with Crippen LogP contribution in [-0.4, -0.2) is 25.0 Å². The summed E-state index contributed by atoms with van der Waals surface area (Å²) in [5, 5.41) is 16.6. The molecule has 3 heterocycles. The molecule has 0 atom stereocenters. The Bertz CT molecular complexity index is 1040. The van der Waals surface area contributed by atoms with Gasteiger partial charge in [0.2, 0.25) is 0 Å². The Hall–Kier alpha value is -2.89. The van der Waals surface area contributed by atoms with Gasteiger partial charge < -0.3 is 5.32 Å². The highest BCUT2D eigenvalue weighted by molar-refractivity contribution is 5.90. The Morgan fingerprint density at radius 3 is 3.08 bits per heavy atom. The number of fused-ring (bicyclic) bond motifs is 2. The highest BCUT2D eigenvalue weighted by Gasteiger charge is 2.23. The van der Waals surface area contributed by atoms with Crippen LogP contribution in [0.4, 0.5) is 11.5 Å². The number of pyridine rings is 1. The van der Waals surface area contributed by atoms with Crippen molar-refractivity contribution >= 4 is 33.4 Å². The number of aromatic amines is 1. The third-order valence-corrected chi connectivity index (χ3v) is 4.65. The molecule has 120 valence electrons. The van der Waals surface area contributed by atoms with Crippen molar-refractivity contribution in [1.29, 1.82) is 0 Å². The second-order valence-corrected chi connectivity index (χ2v) is 6.54. The molecule has 1 aliphatic carbocycles. The van der Waals surface area contributed by atoms with Gasteiger partial charge in [0.1, 0.15) is 5.52 Å². The van der Waals surface area contributed by atoms with E-state index in [0.717, 1.165) is 40.7 Å². The lowest BCUT2D eigenvalue weighted by Gasteiger charge is -2.05. The second-order valence-electron chi connectivity index (χ2n) is 6.54. The van der Waals surface area contributed by atoms with Gasteiger partial charge in [-0.2, -0.15) is 10.2 Å². The standard InChI is InChI=1S/C18H18N6/c1-11-14-9-13(6-7-16(14)24(23-11)10-12-4-5-12)20-18-17-15(21-22-18)3-2-8-19-17/h2-3,6-9,12H,4-5,10H2,1H3,(H2,20,21,22). The first-order valence-corrected chi connectivity index (χ1v) is 8.31. The normalized spacial score (nSPS) is 14.5. The first kappa shape index (κ1) is 13.5. The lowest BCUT2D eigenvalue weighted by Crippen LogP contribution is -2.01. The predicted octanol–water partition coefficient (Wildman–Crippen LogP) is 3.77. The number of anilines is 2. The Balaban J connectivity index is 1.52. The maximum Gasteiger partial charge on any atom is 0.178 e. The maximum absolute atomic E-state index is 4.71. The van der Waals surface area contributed by atoms with Crippen LogP contribution in [0.2, 0.25) is 0 Å². The largest absolute Gasteiger partial charge is 0.337 e. The van der Waals surface area contributed by atoms with E-state index in [-0.39, 0.29) is 0 Å². The van der Waals surface area contributed by atoms with Gasteiger partial charge in [-0.15, -0.1) is 0 Å². The van der Waals surface area contributed by atoms with E-state index in [1.54, 1.807) is 6.20 Å². The quantitative estimate of drug-likeness (QED) is 0.601. The number of hydrogen-bond donors (Lipinski definition) is 2. The van der Waals surface area contributed by atoms with E-state index in [0.29, 0.717) is 0 Å². The van der Waals surface area contributed by atoms with Crippen LogP contribution in [-0.2, 0) is 6.54 Å². The molecule has 6 nitrogen and oxygen atoms in total. The fourth-order valence-electron chi connectivity index (χ4n) is 3.18. The van der Waals surface area contributed by atoms with E-state index in [1.165, 1.54) is 23.7 Å². The van der Waals surface area contributed by atoms with Crippen molar-refractivity contribution in [2.75, 3.05) is 5.32 Å². The summed E-state index contributed by atoms with van der Waals surface area (Å²) in [6.45, 7) is 3.10. The van der Waals surface area contributed by atoms with Crippen LogP contribution >= 0.6 is 0 Å². The summed E-state index contributed by atoms with van der Waals surface area (Å²) < 4.78 is 2.15. The molecule has 2 N–H and O–H groups in total. The molecule has 0 bridgehead atoms. The van der Waals surface area contributed by atoms with Crippen molar-refractivity contribution < 1.29 is 0 Å². The van der Waals surface area contributed by atoms with Crippen LogP contribution in [0.25, 0.3) is 21.9 Å². The molecule has 0 saturated heterocycles. The highest BCUT2D eigenvalue weighted by atomic mass is 15.3. The fraction of sp³-hybridized carbons (Fsp3) is 0.278. The average Bonchev–Trinajstić information content (AvgIpc) is 3.25. The summed E-state index contributed by atoms with van der Waals surface area (Å²) in [6, 6.07) is 10.2. The molecule has 0 amide bonds. The number of nitrogens with zero attached hydrogens (tertiary/aromatic N) is 4. The summed E-state index contributed by atoms with van der Waals surface area (Å²) in [5.74, 6) is 1.56. The monoisotopic (exact) mass is 318 g/mol. The van der Waals surface area contributed by atoms with Crippen molar-refractivity contribution in [3.8, 4) is 0 Å². The van der Waals surface area contributed by atoms with E-state index in [1.807, 2.05) is 12.1 Å². The van der Waals surface area contributed by atoms with Crippen molar-refractivity contribution in [2.24, 2.45) is 5.92 Å². The lowest BCUT2D eigenvalue weighted by atomic mass is 10.2. The van der Waals surface area contributed by atoms with Gasteiger partial charge in [0.05, 0.1) is 16.7 Å². The van der Waals surface area contributed by atoms with Crippen molar-refractivity contribution in [3.63, 3.8) is 0 Å². The minimum absolute atomic E-state index is 0.743. The molecule has 3 aromatic heterocycles. The van der Waals surface area contributed by atoms with Gasteiger partial charge >= 0.3 is 0 Å². The van der Waals surface area contributed by atoms with Gasteiger partial charge in [0.15, 0.2) is 5.82 Å². The Kier molecular flexibility index (Phi) is 2.85. The third kappa shape index (κ3) is 2.22. The summed E-state index contributed by atoms with van der Waals surface area (Å²) in [7, 11) is 0. The van der Waals surface area contributed by atoms with Crippen molar-refractivity contribution in [1.82, 2.24) is 25.0 Å². The molecular formula is C18H18N6. The van der Waals surface area contributed by atoms with Crippen LogP contribution in [0.1, 0.15) is 18.5 Å². The van der Waals surface area contributed by atoms with Crippen LogP contribution < -0.4 is 5.32 Å². The molecule has 0 radical (unpaired) electrons. The lowest BCUT2D eigenvalue weighted by molar-refractivity contribution is 0.576. The average molecular weight is 318 g/mol. The van der Waals surface area contributed by atoms with Crippen LogP contribution in [0, 0.1) is 12.8 Å². The second kappa shape index (κ2) is 5.06. The molecule has 0 aliphatic heterocycles. The Morgan fingerprint density at radius 1 is 1.29 bits per heavy atom. The van der Waals surface area contributed by atoms with Gasteiger partial charge in [0.25, 0.3) is 0 Å². The Morgan fingerprint density at radius 2 is 2.21 bits per heavy atom. The molecule has 5 rings (SSSR count). The summed E-state index contributed by atoms with van der Waals surface area (Å²) in [4.78, 5) is 4.39. The molecule has 1 fully saturated rings. The van der Waals surface area contributed by atoms with E-state index in [2.05, 4.69) is 50.3 Å². The summed E-state index contributed by atoms with van der Waals surface area (Å²) in [5.41, 5.74) is 5.04. The number of nitrogens with one attached hydrogen (secondary N) is 2. The maximum atomic E-state index is 4.71. The highest BCUT2D eigenvalue weighted by Crippen LogP contribution is 2.33. The van der Waals surface area contributed by atoms with E-state index in [9.17, 15) is 0 Å². The fourth-order valence-corrected chi connectivity index (χ4v) is 3.18. The molecule has 0 unspecified atom stereocenters. The van der Waals surface area contributed by atoms with Gasteiger partial charge in [-0.25, -0.2) is 0 Å². The number of benzene rings is 1. The molecule has 1 saturated carbocycles. The van der Waals surface area contributed by atoms with Gasteiger partial charge in [-0.3, -0.25) is 14.8 Å². The zero-order chi connectivity index (χ0) is 16.1. The number of aromatic nitrogens is 5. The van der Waals surface area contributed by atoms with Crippen molar-refractivity contribution in [2.45, 2.75) is 26.3 Å². The molecule has 4 aromatic rings. The summed E-state index contributed by atoms with van der Waals surface area (Å²) >= 11 is 0.